The summed E-state index contributed by atoms with van der Waals surface area (Å²) in [5, 5.41) is 5.23. The minimum absolute atomic E-state index is 0.0336. The molecule has 1 N–H and O–H groups in total. The van der Waals surface area contributed by atoms with E-state index in [-0.39, 0.29) is 11.7 Å². The first-order chi connectivity index (χ1) is 13.1. The Morgan fingerprint density at radius 2 is 1.93 bits per heavy atom. The highest BCUT2D eigenvalue weighted by atomic mass is 16.5. The minimum Gasteiger partial charge on any atom is -0.379 e. The van der Waals surface area contributed by atoms with Crippen LogP contribution in [0.4, 0.5) is 5.95 Å². The van der Waals surface area contributed by atoms with Gasteiger partial charge < -0.3 is 4.74 Å². The predicted octanol–water partition coefficient (Wildman–Crippen LogP) is 4.33. The highest BCUT2D eigenvalue weighted by Crippen LogP contribution is 2.16. The van der Waals surface area contributed by atoms with E-state index < -0.39 is 0 Å². The van der Waals surface area contributed by atoms with Crippen molar-refractivity contribution in [2.45, 2.75) is 71.4 Å². The van der Waals surface area contributed by atoms with Crippen LogP contribution in [0, 0.1) is 0 Å². The molecule has 146 valence electrons. The fraction of sp³-hybridized carbons (Fsp3) is 0.571. The van der Waals surface area contributed by atoms with Crippen LogP contribution in [0.5, 0.6) is 0 Å². The van der Waals surface area contributed by atoms with E-state index >= 15 is 0 Å². The van der Waals surface area contributed by atoms with Crippen molar-refractivity contribution < 1.29 is 4.74 Å². The van der Waals surface area contributed by atoms with Gasteiger partial charge in [0.15, 0.2) is 0 Å². The molecule has 1 heterocycles. The molecular weight excluding hydrogens is 340 g/mol. The molecule has 0 spiro atoms. The zero-order chi connectivity index (χ0) is 19.1. The number of nitrogens with zero attached hydrogens (tertiary/aromatic N) is 3. The van der Waals surface area contributed by atoms with Gasteiger partial charge in [0.25, 0.3) is 5.56 Å². The standard InChI is InChI=1S/C21H30N4O2/c1-16(2)27-15-9-14-25-20(26)18-12-7-8-13-19(18)22-21(25)24-23-17-10-5-3-4-6-11-17/h7-8,12-13,16H,3-6,9-11,14-15H2,1-2H3,(H,22,24). The van der Waals surface area contributed by atoms with Crippen molar-refractivity contribution in [1.29, 1.82) is 0 Å². The summed E-state index contributed by atoms with van der Waals surface area (Å²) in [6, 6.07) is 7.47. The summed E-state index contributed by atoms with van der Waals surface area (Å²) >= 11 is 0. The van der Waals surface area contributed by atoms with Crippen molar-refractivity contribution in [2.24, 2.45) is 5.10 Å². The predicted molar refractivity (Wildman–Crippen MR) is 110 cm³/mol. The van der Waals surface area contributed by atoms with Crippen LogP contribution < -0.4 is 11.0 Å². The molecule has 0 radical (unpaired) electrons. The third kappa shape index (κ3) is 5.39. The highest BCUT2D eigenvalue weighted by molar-refractivity contribution is 5.85. The Bertz CT molecular complexity index is 832. The molecule has 0 bridgehead atoms. The van der Waals surface area contributed by atoms with E-state index in [0.717, 1.165) is 19.3 Å². The molecule has 1 aromatic carbocycles. The van der Waals surface area contributed by atoms with Crippen molar-refractivity contribution in [3.8, 4) is 0 Å². The summed E-state index contributed by atoms with van der Waals surface area (Å²) in [6.45, 7) is 5.20. The van der Waals surface area contributed by atoms with Gasteiger partial charge in [0.1, 0.15) is 0 Å². The quantitative estimate of drug-likeness (QED) is 0.447. The molecule has 1 saturated carbocycles. The topological polar surface area (TPSA) is 68.5 Å². The zero-order valence-corrected chi connectivity index (χ0v) is 16.4. The van der Waals surface area contributed by atoms with Gasteiger partial charge in [-0.05, 0) is 58.1 Å². The van der Waals surface area contributed by atoms with Crippen LogP contribution >= 0.6 is 0 Å². The van der Waals surface area contributed by atoms with Crippen molar-refractivity contribution in [2.75, 3.05) is 12.0 Å². The van der Waals surface area contributed by atoms with Crippen LogP contribution in [0.2, 0.25) is 0 Å². The molecule has 3 rings (SSSR count). The smallest absolute Gasteiger partial charge is 0.262 e. The molecule has 6 nitrogen and oxygen atoms in total. The van der Waals surface area contributed by atoms with Crippen molar-refractivity contribution in [3.63, 3.8) is 0 Å². The number of benzene rings is 1. The Morgan fingerprint density at radius 1 is 1.19 bits per heavy atom. The van der Waals surface area contributed by atoms with Gasteiger partial charge in [-0.2, -0.15) is 5.10 Å². The third-order valence-corrected chi connectivity index (χ3v) is 4.83. The Labute approximate surface area is 160 Å². The Hall–Kier alpha value is -2.21. The summed E-state index contributed by atoms with van der Waals surface area (Å²) in [4.78, 5) is 17.6. The molecule has 0 atom stereocenters. The van der Waals surface area contributed by atoms with E-state index in [4.69, 9.17) is 4.74 Å². The van der Waals surface area contributed by atoms with Gasteiger partial charge in [-0.15, -0.1) is 0 Å². The molecule has 1 fully saturated rings. The Kier molecular flexibility index (Phi) is 6.98. The van der Waals surface area contributed by atoms with Crippen LogP contribution in [0.15, 0.2) is 34.2 Å². The first kappa shape index (κ1) is 19.5. The number of nitrogens with one attached hydrogen (secondary N) is 1. The van der Waals surface area contributed by atoms with E-state index in [9.17, 15) is 4.79 Å². The maximum absolute atomic E-state index is 13.0. The second kappa shape index (κ2) is 9.65. The Morgan fingerprint density at radius 3 is 2.67 bits per heavy atom. The summed E-state index contributed by atoms with van der Waals surface area (Å²) in [6.07, 6.45) is 7.90. The second-order valence-corrected chi connectivity index (χ2v) is 7.39. The van der Waals surface area contributed by atoms with Crippen molar-refractivity contribution in [3.05, 3.63) is 34.6 Å². The van der Waals surface area contributed by atoms with Gasteiger partial charge in [0.2, 0.25) is 5.95 Å². The van der Waals surface area contributed by atoms with Gasteiger partial charge in [-0.1, -0.05) is 25.0 Å². The number of ether oxygens (including phenoxy) is 1. The summed E-state index contributed by atoms with van der Waals surface area (Å²) in [5.41, 5.74) is 4.92. The number of rotatable bonds is 7. The summed E-state index contributed by atoms with van der Waals surface area (Å²) < 4.78 is 7.30. The van der Waals surface area contributed by atoms with Gasteiger partial charge in [-0.3, -0.25) is 9.36 Å². The molecule has 0 amide bonds. The second-order valence-electron chi connectivity index (χ2n) is 7.39. The van der Waals surface area contributed by atoms with Crippen LogP contribution in [0.25, 0.3) is 10.9 Å². The van der Waals surface area contributed by atoms with E-state index in [0.29, 0.717) is 30.0 Å². The molecule has 0 saturated heterocycles. The van der Waals surface area contributed by atoms with Crippen molar-refractivity contribution in [1.82, 2.24) is 9.55 Å². The number of fused-ring (bicyclic) bond motifs is 1. The third-order valence-electron chi connectivity index (χ3n) is 4.83. The molecule has 6 heteroatoms. The van der Waals surface area contributed by atoms with Crippen LogP contribution in [-0.2, 0) is 11.3 Å². The van der Waals surface area contributed by atoms with E-state index in [1.54, 1.807) is 4.57 Å². The van der Waals surface area contributed by atoms with E-state index in [1.165, 1.54) is 31.4 Å². The van der Waals surface area contributed by atoms with Crippen molar-refractivity contribution >= 4 is 22.6 Å². The fourth-order valence-electron chi connectivity index (χ4n) is 3.38. The number of hydrazone groups is 1. The molecule has 0 aliphatic heterocycles. The van der Waals surface area contributed by atoms with Gasteiger partial charge in [-0.25, -0.2) is 10.4 Å². The molecule has 0 unspecified atom stereocenters. The first-order valence-corrected chi connectivity index (χ1v) is 10.1. The lowest BCUT2D eigenvalue weighted by Gasteiger charge is -2.14. The molecule has 27 heavy (non-hydrogen) atoms. The normalized spacial score (nSPS) is 15.1. The highest BCUT2D eigenvalue weighted by Gasteiger charge is 2.12. The number of aromatic nitrogens is 2. The lowest BCUT2D eigenvalue weighted by atomic mass is 10.2. The lowest BCUT2D eigenvalue weighted by molar-refractivity contribution is 0.0748. The SMILES string of the molecule is CC(C)OCCCn1c(NN=C2CCCCCC2)nc2ccccc2c1=O. The summed E-state index contributed by atoms with van der Waals surface area (Å²) in [5.74, 6) is 0.514. The number of hydrogen-bond acceptors (Lipinski definition) is 5. The van der Waals surface area contributed by atoms with Gasteiger partial charge in [0.05, 0.1) is 17.0 Å². The van der Waals surface area contributed by atoms with Gasteiger partial charge >= 0.3 is 0 Å². The zero-order valence-electron chi connectivity index (χ0n) is 16.4. The lowest BCUT2D eigenvalue weighted by Crippen LogP contribution is -2.25. The minimum atomic E-state index is -0.0336. The molecule has 1 aliphatic rings. The van der Waals surface area contributed by atoms with Crippen LogP contribution in [0.1, 0.15) is 58.8 Å². The number of hydrogen-bond donors (Lipinski definition) is 1. The van der Waals surface area contributed by atoms with E-state index in [1.807, 2.05) is 38.1 Å². The molecule has 1 aliphatic carbocycles. The molecule has 2 aromatic rings. The van der Waals surface area contributed by atoms with Crippen LogP contribution in [0.3, 0.4) is 0 Å². The molecule has 1 aromatic heterocycles. The Balaban J connectivity index is 1.85. The van der Waals surface area contributed by atoms with E-state index in [2.05, 4.69) is 15.5 Å². The maximum atomic E-state index is 13.0. The fourth-order valence-corrected chi connectivity index (χ4v) is 3.38. The number of para-hydroxylation sites is 1. The maximum Gasteiger partial charge on any atom is 0.262 e. The molecular formula is C21H30N4O2. The average Bonchev–Trinajstić information content (AvgIpc) is 2.94. The first-order valence-electron chi connectivity index (χ1n) is 10.1. The summed E-state index contributed by atoms with van der Waals surface area (Å²) in [7, 11) is 0. The average molecular weight is 370 g/mol. The van der Waals surface area contributed by atoms with Gasteiger partial charge in [0, 0.05) is 18.9 Å². The van der Waals surface area contributed by atoms with Crippen LogP contribution in [-0.4, -0.2) is 28.0 Å². The largest absolute Gasteiger partial charge is 0.379 e. The number of anilines is 1. The monoisotopic (exact) mass is 370 g/mol.